The minimum Gasteiger partial charge on any atom is -0.497 e. The van der Waals surface area contributed by atoms with Gasteiger partial charge >= 0.3 is 0 Å². The molecule has 3 aliphatic heterocycles. The molecule has 2 unspecified atom stereocenters. The lowest BCUT2D eigenvalue weighted by Gasteiger charge is -2.37. The van der Waals surface area contributed by atoms with Crippen LogP contribution >= 0.6 is 11.9 Å². The van der Waals surface area contributed by atoms with Gasteiger partial charge in [0.05, 0.1) is 36.8 Å². The number of benzene rings is 2. The largest absolute Gasteiger partial charge is 0.497 e. The first-order valence-electron chi connectivity index (χ1n) is 18.9. The van der Waals surface area contributed by atoms with Gasteiger partial charge in [-0.15, -0.1) is 0 Å². The van der Waals surface area contributed by atoms with Crippen molar-refractivity contribution < 1.29 is 14.3 Å². The summed E-state index contributed by atoms with van der Waals surface area (Å²) >= 11 is 1.48. The zero-order chi connectivity index (χ0) is 35.2. The van der Waals surface area contributed by atoms with Crippen molar-refractivity contribution in [2.75, 3.05) is 33.3 Å². The van der Waals surface area contributed by atoms with Gasteiger partial charge in [0.15, 0.2) is 0 Å². The molecule has 2 atom stereocenters. The predicted octanol–water partition coefficient (Wildman–Crippen LogP) is 7.75. The smallest absolute Gasteiger partial charge is 0.261 e. The Kier molecular flexibility index (Phi) is 9.48. The highest BCUT2D eigenvalue weighted by atomic mass is 32.2. The molecule has 2 saturated heterocycles. The van der Waals surface area contributed by atoms with E-state index in [1.165, 1.54) is 54.3 Å². The first-order chi connectivity index (χ1) is 24.8. The van der Waals surface area contributed by atoms with Crippen LogP contribution in [0.3, 0.4) is 0 Å². The van der Waals surface area contributed by atoms with E-state index >= 15 is 0 Å². The molecule has 4 aliphatic rings. The summed E-state index contributed by atoms with van der Waals surface area (Å²) in [7, 11) is 3.65. The lowest BCUT2D eigenvalue weighted by atomic mass is 9.81. The number of fused-ring (bicyclic) bond motifs is 6. The van der Waals surface area contributed by atoms with Crippen LogP contribution in [0.1, 0.15) is 109 Å². The van der Waals surface area contributed by atoms with Crippen molar-refractivity contribution in [2.24, 2.45) is 7.05 Å². The molecule has 1 aliphatic carbocycles. The molecule has 10 heteroatoms. The van der Waals surface area contributed by atoms with Crippen molar-refractivity contribution in [3.63, 3.8) is 0 Å². The first-order valence-corrected chi connectivity index (χ1v) is 19.8. The van der Waals surface area contributed by atoms with Gasteiger partial charge in [-0.3, -0.25) is 23.9 Å². The van der Waals surface area contributed by atoms with E-state index in [9.17, 15) is 9.59 Å². The monoisotopic (exact) mass is 706 g/mol. The average molecular weight is 707 g/mol. The van der Waals surface area contributed by atoms with Crippen molar-refractivity contribution in [1.82, 2.24) is 28.9 Å². The molecule has 5 heterocycles. The number of piperazine rings is 1. The van der Waals surface area contributed by atoms with E-state index < -0.39 is 0 Å². The van der Waals surface area contributed by atoms with Crippen molar-refractivity contribution >= 4 is 46.3 Å². The molecule has 1 saturated carbocycles. The number of methoxy groups -OCH3 is 1. The Morgan fingerprint density at radius 2 is 1.86 bits per heavy atom. The molecule has 2 aromatic carbocycles. The molecule has 2 aromatic heterocycles. The zero-order valence-electron chi connectivity index (χ0n) is 30.4. The van der Waals surface area contributed by atoms with Crippen molar-refractivity contribution in [3.05, 3.63) is 70.5 Å². The fraction of sp³-hybridized carbons (Fsp3) is 0.488. The number of aromatic nitrogens is 3. The molecule has 51 heavy (non-hydrogen) atoms. The second kappa shape index (κ2) is 14.2. The van der Waals surface area contributed by atoms with Crippen LogP contribution in [0.4, 0.5) is 0 Å². The summed E-state index contributed by atoms with van der Waals surface area (Å²) in [5.41, 5.74) is 9.00. The molecule has 268 valence electrons. The number of rotatable bonds is 8. The van der Waals surface area contributed by atoms with Crippen LogP contribution in [0.25, 0.3) is 33.8 Å². The SMILES string of the molecule is CCC(C)SNC(=O)c1ccc2c(C3CCCCC3)c3n(c2c1)CC(c1c(C(=O)N2CCN4CCCC4C2)cnn1C)=Cc1cc(OC)ccc1-3. The van der Waals surface area contributed by atoms with E-state index in [-0.39, 0.29) is 11.8 Å². The number of carbonyl (C=O) groups is 2. The Bertz CT molecular complexity index is 2010. The van der Waals surface area contributed by atoms with Crippen LogP contribution in [0.15, 0.2) is 42.6 Å². The standard InChI is InChI=1S/C41H50N6O3S/c1-5-26(2)51-43-40(48)28-13-15-34-36(22-28)47-24-30(38-35(23-42-44(38)3)41(49)46-19-18-45-17-9-12-31(45)25-46)20-29-21-32(50-4)14-16-33(29)39(47)37(34)27-10-7-6-8-11-27/h13-16,20-23,26-27,31H,5-12,17-19,24-25H2,1-4H3,(H,43,48). The number of hydrogen-bond acceptors (Lipinski definition) is 6. The van der Waals surface area contributed by atoms with Gasteiger partial charge in [0.25, 0.3) is 11.8 Å². The van der Waals surface area contributed by atoms with E-state index in [0.717, 1.165) is 85.5 Å². The molecule has 9 nitrogen and oxygen atoms in total. The minimum atomic E-state index is -0.0756. The average Bonchev–Trinajstić information content (AvgIpc) is 3.85. The molecule has 0 radical (unpaired) electrons. The number of nitrogens with one attached hydrogen (secondary N) is 1. The van der Waals surface area contributed by atoms with Crippen LogP contribution in [-0.4, -0.2) is 80.5 Å². The lowest BCUT2D eigenvalue weighted by Crippen LogP contribution is -2.52. The van der Waals surface area contributed by atoms with Gasteiger partial charge in [0.2, 0.25) is 0 Å². The van der Waals surface area contributed by atoms with Gasteiger partial charge in [0, 0.05) is 60.0 Å². The van der Waals surface area contributed by atoms with E-state index in [4.69, 9.17) is 9.84 Å². The van der Waals surface area contributed by atoms with Crippen LogP contribution in [0, 0.1) is 0 Å². The van der Waals surface area contributed by atoms with Crippen LogP contribution in [0.2, 0.25) is 0 Å². The Balaban J connectivity index is 1.28. The molecule has 2 amide bonds. The van der Waals surface area contributed by atoms with Gasteiger partial charge in [0.1, 0.15) is 5.75 Å². The second-order valence-corrected chi connectivity index (χ2v) is 16.2. The van der Waals surface area contributed by atoms with Gasteiger partial charge in [-0.2, -0.15) is 5.10 Å². The molecule has 0 bridgehead atoms. The Labute approximate surface area is 305 Å². The minimum absolute atomic E-state index is 0.0545. The fourth-order valence-corrected chi connectivity index (χ4v) is 9.54. The third kappa shape index (κ3) is 6.28. The van der Waals surface area contributed by atoms with Crippen molar-refractivity contribution in [1.29, 1.82) is 0 Å². The third-order valence-electron chi connectivity index (χ3n) is 11.8. The maximum Gasteiger partial charge on any atom is 0.261 e. The fourth-order valence-electron chi connectivity index (χ4n) is 8.94. The van der Waals surface area contributed by atoms with E-state index in [1.807, 2.05) is 22.7 Å². The highest BCUT2D eigenvalue weighted by Crippen LogP contribution is 2.48. The number of amides is 2. The molecular weight excluding hydrogens is 657 g/mol. The number of ether oxygens (including phenoxy) is 1. The Morgan fingerprint density at radius 3 is 2.67 bits per heavy atom. The van der Waals surface area contributed by atoms with Crippen LogP contribution < -0.4 is 9.46 Å². The molecule has 8 rings (SSSR count). The third-order valence-corrected chi connectivity index (χ3v) is 12.9. The topological polar surface area (TPSA) is 84.6 Å². The Morgan fingerprint density at radius 1 is 1.02 bits per heavy atom. The van der Waals surface area contributed by atoms with Gasteiger partial charge in [-0.25, -0.2) is 0 Å². The van der Waals surface area contributed by atoms with E-state index in [1.54, 1.807) is 13.3 Å². The summed E-state index contributed by atoms with van der Waals surface area (Å²) in [6, 6.07) is 13.1. The highest BCUT2D eigenvalue weighted by Gasteiger charge is 2.36. The summed E-state index contributed by atoms with van der Waals surface area (Å²) in [6.07, 6.45) is 13.4. The van der Waals surface area contributed by atoms with E-state index in [2.05, 4.69) is 64.4 Å². The Hall–Kier alpha value is -4.02. The van der Waals surface area contributed by atoms with Crippen molar-refractivity contribution in [3.8, 4) is 17.0 Å². The van der Waals surface area contributed by atoms with Crippen LogP contribution in [0.5, 0.6) is 5.75 Å². The molecule has 4 aromatic rings. The first kappa shape index (κ1) is 34.1. The summed E-state index contributed by atoms with van der Waals surface area (Å²) in [6.45, 7) is 8.37. The van der Waals surface area contributed by atoms with E-state index in [0.29, 0.717) is 34.9 Å². The van der Waals surface area contributed by atoms with Gasteiger partial charge in [-0.05, 0) is 110 Å². The summed E-state index contributed by atoms with van der Waals surface area (Å²) in [5, 5.41) is 6.24. The second-order valence-electron chi connectivity index (χ2n) is 14.9. The number of aryl methyl sites for hydroxylation is 1. The maximum absolute atomic E-state index is 14.4. The zero-order valence-corrected chi connectivity index (χ0v) is 31.2. The quantitative estimate of drug-likeness (QED) is 0.189. The predicted molar refractivity (Wildman–Crippen MR) is 206 cm³/mol. The molecule has 0 spiro atoms. The summed E-state index contributed by atoms with van der Waals surface area (Å²) in [5.74, 6) is 1.20. The number of carbonyl (C=O) groups excluding carboxylic acids is 2. The number of hydrogen-bond donors (Lipinski definition) is 1. The van der Waals surface area contributed by atoms with Gasteiger partial charge in [-0.1, -0.05) is 39.2 Å². The summed E-state index contributed by atoms with van der Waals surface area (Å²) < 4.78 is 13.1. The molecule has 1 N–H and O–H groups in total. The highest BCUT2D eigenvalue weighted by molar-refractivity contribution is 7.98. The van der Waals surface area contributed by atoms with Gasteiger partial charge < -0.3 is 14.2 Å². The molecular formula is C41H50N6O3S. The van der Waals surface area contributed by atoms with Crippen LogP contribution in [-0.2, 0) is 13.6 Å². The van der Waals surface area contributed by atoms with Crippen molar-refractivity contribution in [2.45, 2.75) is 89.0 Å². The lowest BCUT2D eigenvalue weighted by molar-refractivity contribution is 0.0571. The summed E-state index contributed by atoms with van der Waals surface area (Å²) in [4.78, 5) is 32.5. The number of allylic oxidation sites excluding steroid dienone is 1. The maximum atomic E-state index is 14.4. The normalized spacial score (nSPS) is 20.0. The molecule has 3 fully saturated rings. The number of nitrogens with zero attached hydrogens (tertiary/aromatic N) is 5.